The minimum absolute atomic E-state index is 0.649. The summed E-state index contributed by atoms with van der Waals surface area (Å²) in [7, 11) is 0. The Morgan fingerprint density at radius 3 is 1.40 bits per heavy atom. The van der Waals surface area contributed by atoms with Crippen LogP contribution in [0.15, 0.2) is 176 Å². The molecule has 2 aromatic heterocycles. The highest BCUT2D eigenvalue weighted by Gasteiger charge is 2.15. The molecule has 0 amide bonds. The van der Waals surface area contributed by atoms with Gasteiger partial charge in [0.2, 0.25) is 0 Å². The van der Waals surface area contributed by atoms with Crippen LogP contribution in [0.4, 0.5) is 0 Å². The predicted molar refractivity (Wildman–Crippen MR) is 224 cm³/mol. The van der Waals surface area contributed by atoms with E-state index in [9.17, 15) is 5.26 Å². The average molecular weight is 696 g/mol. The van der Waals surface area contributed by atoms with Gasteiger partial charge in [0.25, 0.3) is 0 Å². The lowest BCUT2D eigenvalue weighted by Crippen LogP contribution is -1.89. The fourth-order valence-corrected chi connectivity index (χ4v) is 10.1. The van der Waals surface area contributed by atoms with Gasteiger partial charge in [-0.2, -0.15) is 5.26 Å². The number of fused-ring (bicyclic) bond motifs is 6. The molecule has 3 heteroatoms. The molecule has 0 spiro atoms. The van der Waals surface area contributed by atoms with Crippen molar-refractivity contribution in [3.63, 3.8) is 0 Å². The molecule has 1 nitrogen and oxygen atoms in total. The Hall–Kier alpha value is -6.31. The van der Waals surface area contributed by atoms with E-state index < -0.39 is 0 Å². The predicted octanol–water partition coefficient (Wildman–Crippen LogP) is 14.6. The molecule has 0 radical (unpaired) electrons. The lowest BCUT2D eigenvalue weighted by atomic mass is 9.90. The third kappa shape index (κ3) is 5.20. The molecule has 0 atom stereocenters. The van der Waals surface area contributed by atoms with Crippen molar-refractivity contribution in [2.24, 2.45) is 0 Å². The summed E-state index contributed by atoms with van der Waals surface area (Å²) in [4.78, 5) is 0. The molecule has 0 aliphatic heterocycles. The molecule has 10 aromatic rings. The number of nitriles is 1. The quantitative estimate of drug-likeness (QED) is 0.176. The van der Waals surface area contributed by atoms with Crippen LogP contribution < -0.4 is 0 Å². The van der Waals surface area contributed by atoms with Crippen molar-refractivity contribution in [2.45, 2.75) is 0 Å². The summed E-state index contributed by atoms with van der Waals surface area (Å²) in [6.07, 6.45) is 0. The van der Waals surface area contributed by atoms with Gasteiger partial charge < -0.3 is 0 Å². The number of thiophene rings is 2. The van der Waals surface area contributed by atoms with Crippen LogP contribution in [0.3, 0.4) is 0 Å². The lowest BCUT2D eigenvalue weighted by molar-refractivity contribution is 1.48. The Labute approximate surface area is 309 Å². The second kappa shape index (κ2) is 12.5. The number of benzene rings is 8. The third-order valence-corrected chi connectivity index (χ3v) is 12.5. The Morgan fingerprint density at radius 2 is 0.750 bits per heavy atom. The molecule has 0 saturated heterocycles. The maximum Gasteiger partial charge on any atom is 0.0992 e. The Kier molecular flexibility index (Phi) is 7.32. The van der Waals surface area contributed by atoms with Crippen molar-refractivity contribution in [1.29, 1.82) is 5.26 Å². The maximum atomic E-state index is 10.3. The van der Waals surface area contributed by atoms with E-state index in [1.54, 1.807) is 0 Å². The van der Waals surface area contributed by atoms with Crippen LogP contribution in [0.5, 0.6) is 0 Å². The molecule has 0 unspecified atom stereocenters. The number of hydrogen-bond donors (Lipinski definition) is 0. The van der Waals surface area contributed by atoms with Gasteiger partial charge >= 0.3 is 0 Å². The van der Waals surface area contributed by atoms with E-state index in [1.165, 1.54) is 51.5 Å². The first-order chi connectivity index (χ1) is 25.7. The van der Waals surface area contributed by atoms with Crippen LogP contribution in [-0.2, 0) is 0 Å². The number of nitrogens with zero attached hydrogens (tertiary/aromatic N) is 1. The first-order valence-corrected chi connectivity index (χ1v) is 19.0. The van der Waals surface area contributed by atoms with Crippen molar-refractivity contribution in [3.05, 3.63) is 181 Å². The van der Waals surface area contributed by atoms with E-state index in [1.807, 2.05) is 34.8 Å². The van der Waals surface area contributed by atoms with Gasteiger partial charge in [0.1, 0.15) is 0 Å². The molecule has 0 N–H and O–H groups in total. The number of hydrogen-bond acceptors (Lipinski definition) is 3. The third-order valence-electron chi connectivity index (χ3n) is 10.1. The monoisotopic (exact) mass is 695 g/mol. The molecule has 0 bridgehead atoms. The highest BCUT2D eigenvalue weighted by molar-refractivity contribution is 7.26. The molecular weight excluding hydrogens is 667 g/mol. The SMILES string of the molecule is N#Cc1cc(-c2cc(-c3ccccc3)cc(-c3cccc(-c4cccc5c4sc4ccccc45)c3)c2)cc(-c2cccc3c2sc2ccccc23)c1. The maximum absolute atomic E-state index is 10.3. The first kappa shape index (κ1) is 30.5. The lowest BCUT2D eigenvalue weighted by Gasteiger charge is -2.14. The molecular formula is C49H29NS2. The van der Waals surface area contributed by atoms with Crippen LogP contribution in [0.1, 0.15) is 5.56 Å². The summed E-state index contributed by atoms with van der Waals surface area (Å²) < 4.78 is 5.14. The molecule has 10 rings (SSSR count). The van der Waals surface area contributed by atoms with Crippen LogP contribution in [0, 0.1) is 11.3 Å². The standard InChI is InChI=1S/C49H29NS2/c50-30-31-23-35(29-39(24-31)41-18-10-20-45-43-16-5-7-22-47(43)52-49(41)45)38-27-36(32-11-2-1-3-12-32)26-37(28-38)33-13-8-14-34(25-33)40-17-9-19-44-42-15-4-6-21-46(42)51-48(40)44/h1-29H. The highest BCUT2D eigenvalue weighted by Crippen LogP contribution is 2.43. The summed E-state index contributed by atoms with van der Waals surface area (Å²) >= 11 is 3.68. The van der Waals surface area contributed by atoms with E-state index >= 15 is 0 Å². The topological polar surface area (TPSA) is 23.8 Å². The molecule has 0 aliphatic carbocycles. The fourth-order valence-electron chi connectivity index (χ4n) is 7.59. The zero-order valence-corrected chi connectivity index (χ0v) is 29.6. The second-order valence-electron chi connectivity index (χ2n) is 13.2. The van der Waals surface area contributed by atoms with Crippen molar-refractivity contribution >= 4 is 63.0 Å². The van der Waals surface area contributed by atoms with E-state index in [4.69, 9.17) is 0 Å². The number of rotatable bonds is 5. The van der Waals surface area contributed by atoms with E-state index in [2.05, 4.69) is 170 Å². The Bertz CT molecular complexity index is 3030. The molecule has 0 saturated carbocycles. The Balaban J connectivity index is 1.15. The van der Waals surface area contributed by atoms with Gasteiger partial charge in [-0.25, -0.2) is 0 Å². The Morgan fingerprint density at radius 1 is 0.327 bits per heavy atom. The average Bonchev–Trinajstić information content (AvgIpc) is 3.80. The zero-order valence-electron chi connectivity index (χ0n) is 28.0. The van der Waals surface area contributed by atoms with Crippen LogP contribution in [-0.4, -0.2) is 0 Å². The normalized spacial score (nSPS) is 11.4. The molecule has 0 fully saturated rings. The molecule has 52 heavy (non-hydrogen) atoms. The van der Waals surface area contributed by atoms with Crippen molar-refractivity contribution in [3.8, 4) is 61.7 Å². The van der Waals surface area contributed by atoms with Gasteiger partial charge in [-0.15, -0.1) is 22.7 Å². The van der Waals surface area contributed by atoms with Gasteiger partial charge in [-0.05, 0) is 110 Å². The van der Waals surface area contributed by atoms with Crippen molar-refractivity contribution < 1.29 is 0 Å². The molecule has 242 valence electrons. The fraction of sp³-hybridized carbons (Fsp3) is 0. The largest absolute Gasteiger partial charge is 0.192 e. The first-order valence-electron chi connectivity index (χ1n) is 17.4. The van der Waals surface area contributed by atoms with Gasteiger partial charge in [0.05, 0.1) is 11.6 Å². The summed E-state index contributed by atoms with van der Waals surface area (Å²) in [6.45, 7) is 0. The summed E-state index contributed by atoms with van der Waals surface area (Å²) in [5.41, 5.74) is 12.0. The molecule has 0 aliphatic rings. The van der Waals surface area contributed by atoms with Crippen molar-refractivity contribution in [1.82, 2.24) is 0 Å². The highest BCUT2D eigenvalue weighted by atomic mass is 32.1. The van der Waals surface area contributed by atoms with Crippen LogP contribution in [0.2, 0.25) is 0 Å². The smallest absolute Gasteiger partial charge is 0.0992 e. The van der Waals surface area contributed by atoms with E-state index in [0.29, 0.717) is 5.56 Å². The van der Waals surface area contributed by atoms with Gasteiger partial charge in [-0.3, -0.25) is 0 Å². The molecule has 2 heterocycles. The summed E-state index contributed by atoms with van der Waals surface area (Å²) in [5.74, 6) is 0. The van der Waals surface area contributed by atoms with Gasteiger partial charge in [0.15, 0.2) is 0 Å². The minimum atomic E-state index is 0.649. The van der Waals surface area contributed by atoms with E-state index in [-0.39, 0.29) is 0 Å². The molecule has 8 aromatic carbocycles. The van der Waals surface area contributed by atoms with Crippen molar-refractivity contribution in [2.75, 3.05) is 0 Å². The summed E-state index contributed by atoms with van der Waals surface area (Å²) in [6, 6.07) is 65.6. The van der Waals surface area contributed by atoms with Gasteiger partial charge in [-0.1, -0.05) is 121 Å². The second-order valence-corrected chi connectivity index (χ2v) is 15.3. The minimum Gasteiger partial charge on any atom is -0.192 e. The van der Waals surface area contributed by atoms with Crippen LogP contribution >= 0.6 is 22.7 Å². The van der Waals surface area contributed by atoms with E-state index in [0.717, 1.165) is 44.5 Å². The zero-order chi connectivity index (χ0) is 34.6. The van der Waals surface area contributed by atoms with Crippen LogP contribution in [0.25, 0.3) is 96.0 Å². The van der Waals surface area contributed by atoms with Gasteiger partial charge in [0, 0.05) is 40.3 Å². The summed E-state index contributed by atoms with van der Waals surface area (Å²) in [5, 5.41) is 15.4.